The summed E-state index contributed by atoms with van der Waals surface area (Å²) in [5, 5.41) is 4.57. The van der Waals surface area contributed by atoms with E-state index in [0.29, 0.717) is 6.42 Å². The third kappa shape index (κ3) is 5.30. The van der Waals surface area contributed by atoms with Gasteiger partial charge in [-0.2, -0.15) is 5.10 Å². The van der Waals surface area contributed by atoms with E-state index < -0.39 is 9.84 Å². The summed E-state index contributed by atoms with van der Waals surface area (Å²) in [5.41, 5.74) is 8.78. The Morgan fingerprint density at radius 3 is 2.58 bits per heavy atom. The van der Waals surface area contributed by atoms with Gasteiger partial charge < -0.3 is 5.73 Å². The van der Waals surface area contributed by atoms with Crippen molar-refractivity contribution in [2.75, 3.05) is 12.8 Å². The molecular weight excluding hydrogens is 400 g/mol. The van der Waals surface area contributed by atoms with Crippen molar-refractivity contribution >= 4 is 33.8 Å². The highest BCUT2D eigenvalue weighted by Gasteiger charge is 2.16. The van der Waals surface area contributed by atoms with Crippen LogP contribution in [0.5, 0.6) is 0 Å². The summed E-state index contributed by atoms with van der Waals surface area (Å²) >= 11 is 6.10. The summed E-state index contributed by atoms with van der Waals surface area (Å²) < 4.78 is 38.6. The maximum atomic E-state index is 13.7. The van der Waals surface area contributed by atoms with Crippen molar-refractivity contribution in [1.82, 2.24) is 9.78 Å². The number of sulfone groups is 1. The number of benzene rings is 1. The zero-order valence-electron chi connectivity index (χ0n) is 14.8. The van der Waals surface area contributed by atoms with Crippen LogP contribution >= 0.6 is 24.0 Å². The highest BCUT2D eigenvalue weighted by atomic mass is 35.5. The van der Waals surface area contributed by atoms with E-state index in [1.807, 2.05) is 13.8 Å². The van der Waals surface area contributed by atoms with Crippen molar-refractivity contribution in [3.8, 4) is 0 Å². The molecule has 0 saturated heterocycles. The van der Waals surface area contributed by atoms with Gasteiger partial charge in [-0.15, -0.1) is 12.4 Å². The molecule has 0 unspecified atom stereocenters. The number of nitrogens with two attached hydrogens (primary N) is 1. The molecule has 0 amide bonds. The Morgan fingerprint density at radius 2 is 2.04 bits per heavy atom. The lowest BCUT2D eigenvalue weighted by molar-refractivity contribution is 0.517. The lowest BCUT2D eigenvalue weighted by Crippen LogP contribution is -2.05. The molecule has 1 aromatic carbocycles. The molecule has 0 aliphatic carbocycles. The Kier molecular flexibility index (Phi) is 7.83. The van der Waals surface area contributed by atoms with Gasteiger partial charge in [0.25, 0.3) is 0 Å². The minimum absolute atomic E-state index is 0. The van der Waals surface area contributed by atoms with Gasteiger partial charge in [-0.05, 0) is 37.6 Å². The van der Waals surface area contributed by atoms with E-state index in [0.717, 1.165) is 28.8 Å². The normalized spacial score (nSPS) is 12.2. The zero-order chi connectivity index (χ0) is 18.8. The van der Waals surface area contributed by atoms with Gasteiger partial charge in [0.05, 0.1) is 22.2 Å². The Morgan fingerprint density at radius 1 is 1.38 bits per heavy atom. The van der Waals surface area contributed by atoms with E-state index in [1.165, 1.54) is 12.1 Å². The Bertz CT molecular complexity index is 924. The third-order valence-corrected chi connectivity index (χ3v) is 5.53. The number of halogens is 3. The summed E-state index contributed by atoms with van der Waals surface area (Å²) in [6, 6.07) is 4.88. The highest BCUT2D eigenvalue weighted by Crippen LogP contribution is 2.25. The van der Waals surface area contributed by atoms with Crippen LogP contribution in [0.15, 0.2) is 35.0 Å². The predicted molar refractivity (Wildman–Crippen MR) is 105 cm³/mol. The number of hydrogen-bond donors (Lipinski definition) is 1. The van der Waals surface area contributed by atoms with Gasteiger partial charge in [-0.1, -0.05) is 17.7 Å². The van der Waals surface area contributed by atoms with E-state index >= 15 is 0 Å². The zero-order valence-corrected chi connectivity index (χ0v) is 17.2. The van der Waals surface area contributed by atoms with Crippen LogP contribution in [0.2, 0.25) is 5.02 Å². The van der Waals surface area contributed by atoms with E-state index in [-0.39, 0.29) is 41.2 Å². The van der Waals surface area contributed by atoms with E-state index in [1.54, 1.807) is 16.8 Å². The Hall–Kier alpha value is -1.41. The number of aryl methyl sites for hydroxylation is 1. The van der Waals surface area contributed by atoms with Gasteiger partial charge in [-0.3, -0.25) is 4.68 Å². The number of hydrogen-bond acceptors (Lipinski definition) is 4. The fraction of sp³-hybridized carbons (Fsp3) is 0.353. The molecule has 0 spiro atoms. The summed E-state index contributed by atoms with van der Waals surface area (Å²) in [6.07, 6.45) is 2.97. The predicted octanol–water partition coefficient (Wildman–Crippen LogP) is 3.38. The number of nitrogens with zero attached hydrogens (tertiary/aromatic N) is 2. The molecule has 1 heterocycles. The maximum absolute atomic E-state index is 13.7. The summed E-state index contributed by atoms with van der Waals surface area (Å²) in [4.78, 5) is 0.107. The molecule has 9 heteroatoms. The number of allylic oxidation sites excluding steroid dienone is 1. The van der Waals surface area contributed by atoms with Gasteiger partial charge in [0, 0.05) is 30.5 Å². The molecule has 1 aromatic heterocycles. The molecule has 5 nitrogen and oxygen atoms in total. The van der Waals surface area contributed by atoms with Crippen molar-refractivity contribution in [1.29, 1.82) is 0 Å². The lowest BCUT2D eigenvalue weighted by Gasteiger charge is -2.07. The van der Waals surface area contributed by atoms with E-state index in [2.05, 4.69) is 5.10 Å². The molecule has 2 aromatic rings. The maximum Gasteiger partial charge on any atom is 0.176 e. The van der Waals surface area contributed by atoms with Crippen LogP contribution in [0.1, 0.15) is 22.5 Å². The standard InChI is InChI=1S/C17H21ClFN3O2S.ClH/c1-11-15(12(2)22(21-11)10-14(19)6-7-20)8-13-4-5-17(16(18)9-13)25(3,23)24;/h4-6,9H,7-8,10,20H2,1-3H3;1H/b14-6-;. The molecule has 2 rings (SSSR count). The molecule has 2 N–H and O–H groups in total. The highest BCUT2D eigenvalue weighted by molar-refractivity contribution is 7.90. The largest absolute Gasteiger partial charge is 0.327 e. The SMILES string of the molecule is Cc1nn(C/C(F)=C/CN)c(C)c1Cc1ccc(S(C)(=O)=O)c(Cl)c1.Cl. The summed E-state index contributed by atoms with van der Waals surface area (Å²) in [6.45, 7) is 3.91. The second-order valence-electron chi connectivity index (χ2n) is 5.91. The molecule has 0 fully saturated rings. The topological polar surface area (TPSA) is 78.0 Å². The third-order valence-electron chi connectivity index (χ3n) is 3.95. The first-order valence-corrected chi connectivity index (χ1v) is 9.96. The van der Waals surface area contributed by atoms with Crippen LogP contribution in [-0.4, -0.2) is 31.0 Å². The Balaban J connectivity index is 0.00000338. The summed E-state index contributed by atoms with van der Waals surface area (Å²) in [7, 11) is -3.36. The second kappa shape index (κ2) is 8.99. The lowest BCUT2D eigenvalue weighted by atomic mass is 10.0. The van der Waals surface area contributed by atoms with Crippen molar-refractivity contribution in [3.63, 3.8) is 0 Å². The first-order chi connectivity index (χ1) is 11.6. The van der Waals surface area contributed by atoms with Crippen molar-refractivity contribution < 1.29 is 12.8 Å². The number of aromatic nitrogens is 2. The van der Waals surface area contributed by atoms with Gasteiger partial charge >= 0.3 is 0 Å². The molecule has 0 saturated carbocycles. The van der Waals surface area contributed by atoms with Crippen LogP contribution < -0.4 is 5.73 Å². The fourth-order valence-corrected chi connectivity index (χ4v) is 3.99. The quantitative estimate of drug-likeness (QED) is 0.774. The molecule has 0 aliphatic rings. The minimum atomic E-state index is -3.36. The molecule has 0 atom stereocenters. The van der Waals surface area contributed by atoms with Crippen LogP contribution in [0.25, 0.3) is 0 Å². The average molecular weight is 422 g/mol. The van der Waals surface area contributed by atoms with Crippen LogP contribution in [0.4, 0.5) is 4.39 Å². The second-order valence-corrected chi connectivity index (χ2v) is 8.30. The number of rotatable bonds is 6. The van der Waals surface area contributed by atoms with Crippen LogP contribution in [-0.2, 0) is 22.8 Å². The van der Waals surface area contributed by atoms with Gasteiger partial charge in [0.15, 0.2) is 9.84 Å². The van der Waals surface area contributed by atoms with Crippen molar-refractivity contribution in [2.24, 2.45) is 5.73 Å². The molecule has 0 radical (unpaired) electrons. The van der Waals surface area contributed by atoms with E-state index in [4.69, 9.17) is 17.3 Å². The molecular formula is C17H22Cl2FN3O2S. The monoisotopic (exact) mass is 421 g/mol. The van der Waals surface area contributed by atoms with Gasteiger partial charge in [0.1, 0.15) is 5.83 Å². The van der Waals surface area contributed by atoms with Gasteiger partial charge in [-0.25, -0.2) is 12.8 Å². The van der Waals surface area contributed by atoms with Crippen LogP contribution in [0.3, 0.4) is 0 Å². The molecule has 0 bridgehead atoms. The van der Waals surface area contributed by atoms with E-state index in [9.17, 15) is 12.8 Å². The average Bonchev–Trinajstić information content (AvgIpc) is 2.74. The fourth-order valence-electron chi connectivity index (χ4n) is 2.64. The van der Waals surface area contributed by atoms with Crippen molar-refractivity contribution in [2.45, 2.75) is 31.7 Å². The van der Waals surface area contributed by atoms with Gasteiger partial charge in [0.2, 0.25) is 0 Å². The molecule has 0 aliphatic heterocycles. The Labute approximate surface area is 164 Å². The molecule has 26 heavy (non-hydrogen) atoms. The van der Waals surface area contributed by atoms with Crippen LogP contribution in [0, 0.1) is 13.8 Å². The summed E-state index contributed by atoms with van der Waals surface area (Å²) in [5.74, 6) is -0.333. The van der Waals surface area contributed by atoms with Crippen molar-refractivity contribution in [3.05, 3.63) is 57.6 Å². The first kappa shape index (κ1) is 22.6. The minimum Gasteiger partial charge on any atom is -0.327 e. The molecule has 144 valence electrons. The smallest absolute Gasteiger partial charge is 0.176 e. The first-order valence-electron chi connectivity index (χ1n) is 7.69.